The number of nitrogens with zero attached hydrogens (tertiary/aromatic N) is 2. The molecule has 0 atom stereocenters. The van der Waals surface area contributed by atoms with Gasteiger partial charge in [-0.25, -0.2) is 0 Å². The average Bonchev–Trinajstić information content (AvgIpc) is 2.91. The molecule has 4 nitrogen and oxygen atoms in total. The van der Waals surface area contributed by atoms with E-state index in [2.05, 4.69) is 31.7 Å². The molecule has 1 aromatic heterocycles. The van der Waals surface area contributed by atoms with Crippen LogP contribution in [0.1, 0.15) is 5.56 Å². The van der Waals surface area contributed by atoms with Gasteiger partial charge < -0.3 is 10.6 Å². The van der Waals surface area contributed by atoms with Crippen molar-refractivity contribution in [2.45, 2.75) is 6.54 Å². The monoisotopic (exact) mass is 454 g/mol. The Bertz CT molecular complexity index is 879. The molecule has 8 heteroatoms. The summed E-state index contributed by atoms with van der Waals surface area (Å²) in [6, 6.07) is 15.0. The Morgan fingerprint density at radius 2 is 1.60 bits per heavy atom. The highest BCUT2D eigenvalue weighted by atomic mass is 79.9. The maximum Gasteiger partial charge on any atom is 0.176 e. The first kappa shape index (κ1) is 18.2. The summed E-state index contributed by atoms with van der Waals surface area (Å²) in [6.45, 7) is 0.634. The van der Waals surface area contributed by atoms with Crippen molar-refractivity contribution in [2.24, 2.45) is 0 Å². The summed E-state index contributed by atoms with van der Waals surface area (Å²) >= 11 is 20.6. The second kappa shape index (κ2) is 8.19. The van der Waals surface area contributed by atoms with Gasteiger partial charge in [-0.2, -0.15) is 5.10 Å². The molecule has 0 aliphatic heterocycles. The van der Waals surface area contributed by atoms with E-state index >= 15 is 0 Å². The first-order valence-electron chi connectivity index (χ1n) is 7.30. The summed E-state index contributed by atoms with van der Waals surface area (Å²) in [5, 5.41) is 12.5. The van der Waals surface area contributed by atoms with Gasteiger partial charge in [-0.05, 0) is 70.1 Å². The van der Waals surface area contributed by atoms with E-state index in [1.807, 2.05) is 47.3 Å². The van der Waals surface area contributed by atoms with E-state index in [1.54, 1.807) is 12.1 Å². The van der Waals surface area contributed by atoms with Crippen molar-refractivity contribution < 1.29 is 0 Å². The molecule has 1 heterocycles. The van der Waals surface area contributed by atoms with Gasteiger partial charge in [-0.15, -0.1) is 0 Å². The Hall–Kier alpha value is -1.60. The van der Waals surface area contributed by atoms with Gasteiger partial charge in [-0.1, -0.05) is 35.3 Å². The van der Waals surface area contributed by atoms with Gasteiger partial charge in [-0.3, -0.25) is 4.68 Å². The molecular formula is C17H13BrCl2N4S. The second-order valence-electron chi connectivity index (χ2n) is 5.24. The summed E-state index contributed by atoms with van der Waals surface area (Å²) in [5.41, 5.74) is 1.95. The lowest BCUT2D eigenvalue weighted by atomic mass is 10.2. The van der Waals surface area contributed by atoms with Crippen LogP contribution in [-0.4, -0.2) is 14.9 Å². The fraction of sp³-hybridized carbons (Fsp3) is 0.0588. The molecule has 0 saturated carbocycles. The third kappa shape index (κ3) is 5.19. The molecule has 0 saturated heterocycles. The normalized spacial score (nSPS) is 10.5. The van der Waals surface area contributed by atoms with Gasteiger partial charge in [0.15, 0.2) is 10.9 Å². The summed E-state index contributed by atoms with van der Waals surface area (Å²) in [6.07, 6.45) is 1.89. The van der Waals surface area contributed by atoms with Crippen molar-refractivity contribution in [3.05, 3.63) is 74.8 Å². The Morgan fingerprint density at radius 1 is 1.00 bits per heavy atom. The van der Waals surface area contributed by atoms with Crippen LogP contribution in [0, 0.1) is 0 Å². The molecule has 3 rings (SSSR count). The predicted octanol–water partition coefficient (Wildman–Crippen LogP) is 5.81. The Morgan fingerprint density at radius 3 is 2.24 bits per heavy atom. The minimum absolute atomic E-state index is 0.444. The highest BCUT2D eigenvalue weighted by Gasteiger charge is 2.09. The molecule has 0 radical (unpaired) electrons. The lowest BCUT2D eigenvalue weighted by Crippen LogP contribution is -2.19. The largest absolute Gasteiger partial charge is 0.332 e. The first-order chi connectivity index (χ1) is 12.0. The third-order valence-electron chi connectivity index (χ3n) is 3.31. The average molecular weight is 456 g/mol. The molecule has 128 valence electrons. The predicted molar refractivity (Wildman–Crippen MR) is 112 cm³/mol. The minimum atomic E-state index is 0.444. The molecule has 0 unspecified atom stereocenters. The van der Waals surface area contributed by atoms with Crippen LogP contribution in [0.3, 0.4) is 0 Å². The van der Waals surface area contributed by atoms with E-state index in [-0.39, 0.29) is 0 Å². The van der Waals surface area contributed by atoms with Crippen LogP contribution < -0.4 is 10.6 Å². The topological polar surface area (TPSA) is 41.9 Å². The van der Waals surface area contributed by atoms with E-state index in [0.717, 1.165) is 15.7 Å². The van der Waals surface area contributed by atoms with Crippen LogP contribution in [0.4, 0.5) is 11.5 Å². The molecule has 0 fully saturated rings. The van der Waals surface area contributed by atoms with Crippen LogP contribution in [0.5, 0.6) is 0 Å². The van der Waals surface area contributed by atoms with Crippen LogP contribution >= 0.6 is 51.3 Å². The highest BCUT2D eigenvalue weighted by molar-refractivity contribution is 9.10. The van der Waals surface area contributed by atoms with Crippen LogP contribution in [0.2, 0.25) is 10.0 Å². The maximum absolute atomic E-state index is 5.91. The van der Waals surface area contributed by atoms with Gasteiger partial charge in [0.05, 0.1) is 11.0 Å². The minimum Gasteiger partial charge on any atom is -0.332 e. The number of halogens is 3. The SMILES string of the molecule is S=C(Nc1ccc(Cl)cc1)Nc1nn(Cc2ccc(Cl)cc2)cc1Br. The lowest BCUT2D eigenvalue weighted by molar-refractivity contribution is 0.689. The van der Waals surface area contributed by atoms with Gasteiger partial charge in [0.25, 0.3) is 0 Å². The number of hydrogen-bond donors (Lipinski definition) is 2. The van der Waals surface area contributed by atoms with Crippen LogP contribution in [0.15, 0.2) is 59.2 Å². The quantitative estimate of drug-likeness (QED) is 0.487. The number of hydrogen-bond acceptors (Lipinski definition) is 2. The van der Waals surface area contributed by atoms with Crippen molar-refractivity contribution in [1.82, 2.24) is 9.78 Å². The number of benzene rings is 2. The van der Waals surface area contributed by atoms with E-state index in [4.69, 9.17) is 35.4 Å². The van der Waals surface area contributed by atoms with Crippen molar-refractivity contribution in [2.75, 3.05) is 10.6 Å². The molecular weight excluding hydrogens is 443 g/mol. The highest BCUT2D eigenvalue weighted by Crippen LogP contribution is 2.22. The van der Waals surface area contributed by atoms with Crippen molar-refractivity contribution in [3.8, 4) is 0 Å². The van der Waals surface area contributed by atoms with Gasteiger partial charge in [0.1, 0.15) is 0 Å². The molecule has 0 spiro atoms. The zero-order chi connectivity index (χ0) is 17.8. The van der Waals surface area contributed by atoms with Gasteiger partial charge in [0, 0.05) is 21.9 Å². The van der Waals surface area contributed by atoms with Crippen LogP contribution in [0.25, 0.3) is 0 Å². The van der Waals surface area contributed by atoms with Gasteiger partial charge in [0.2, 0.25) is 0 Å². The second-order valence-corrected chi connectivity index (χ2v) is 7.37. The Kier molecular flexibility index (Phi) is 5.96. The smallest absolute Gasteiger partial charge is 0.176 e. The Labute approximate surface area is 169 Å². The molecule has 2 aromatic carbocycles. The number of aromatic nitrogens is 2. The molecule has 0 aliphatic carbocycles. The molecule has 0 aliphatic rings. The van der Waals surface area contributed by atoms with E-state index in [9.17, 15) is 0 Å². The van der Waals surface area contributed by atoms with E-state index < -0.39 is 0 Å². The first-order valence-corrected chi connectivity index (χ1v) is 9.26. The van der Waals surface area contributed by atoms with Gasteiger partial charge >= 0.3 is 0 Å². The molecule has 0 amide bonds. The number of anilines is 2. The molecule has 2 N–H and O–H groups in total. The molecule has 3 aromatic rings. The zero-order valence-electron chi connectivity index (χ0n) is 12.8. The molecule has 0 bridgehead atoms. The van der Waals surface area contributed by atoms with Crippen molar-refractivity contribution in [3.63, 3.8) is 0 Å². The maximum atomic E-state index is 5.91. The van der Waals surface area contributed by atoms with E-state index in [0.29, 0.717) is 27.5 Å². The summed E-state index contributed by atoms with van der Waals surface area (Å²) < 4.78 is 2.64. The Balaban J connectivity index is 1.64. The number of nitrogens with one attached hydrogen (secondary N) is 2. The van der Waals surface area contributed by atoms with Crippen LogP contribution in [-0.2, 0) is 6.54 Å². The third-order valence-corrected chi connectivity index (χ3v) is 4.60. The number of thiocarbonyl (C=S) groups is 1. The summed E-state index contributed by atoms with van der Waals surface area (Å²) in [7, 11) is 0. The van der Waals surface area contributed by atoms with Crippen molar-refractivity contribution in [1.29, 1.82) is 0 Å². The fourth-order valence-corrected chi connectivity index (χ4v) is 3.02. The number of rotatable bonds is 4. The fourth-order valence-electron chi connectivity index (χ4n) is 2.14. The summed E-state index contributed by atoms with van der Waals surface area (Å²) in [5.74, 6) is 0.639. The van der Waals surface area contributed by atoms with Crippen molar-refractivity contribution >= 4 is 68.0 Å². The molecule has 25 heavy (non-hydrogen) atoms. The van der Waals surface area contributed by atoms with E-state index in [1.165, 1.54) is 0 Å². The zero-order valence-corrected chi connectivity index (χ0v) is 16.8. The standard InChI is InChI=1S/C17H13BrCl2N4S/c18-15-10-24(9-11-1-3-12(19)4-2-11)23-16(15)22-17(25)21-14-7-5-13(20)6-8-14/h1-8,10H,9H2,(H2,21,22,23,25). The lowest BCUT2D eigenvalue weighted by Gasteiger charge is -2.09. The summed E-state index contributed by atoms with van der Waals surface area (Å²) in [4.78, 5) is 0.